The topological polar surface area (TPSA) is 61.3 Å². The van der Waals surface area contributed by atoms with Crippen LogP contribution < -0.4 is 16.2 Å². The van der Waals surface area contributed by atoms with Gasteiger partial charge in [0.15, 0.2) is 0 Å². The Bertz CT molecular complexity index is 326. The van der Waals surface area contributed by atoms with E-state index in [1.54, 1.807) is 7.11 Å². The molecule has 1 rings (SSSR count). The lowest BCUT2D eigenvalue weighted by Crippen LogP contribution is -2.12. The maximum atomic E-state index is 6.15. The van der Waals surface area contributed by atoms with E-state index in [4.69, 9.17) is 16.2 Å². The van der Waals surface area contributed by atoms with Gasteiger partial charge in [-0.3, -0.25) is 0 Å². The summed E-state index contributed by atoms with van der Waals surface area (Å²) < 4.78 is 5.17. The van der Waals surface area contributed by atoms with Crippen LogP contribution in [0.3, 0.4) is 0 Å². The SMILES string of the molecule is COc1ccc([C@@H](N)CCCCN)c(C)c1. The van der Waals surface area contributed by atoms with E-state index in [0.29, 0.717) is 0 Å². The Morgan fingerprint density at radius 3 is 2.62 bits per heavy atom. The fraction of sp³-hybridized carbons (Fsp3) is 0.538. The Morgan fingerprint density at radius 1 is 1.31 bits per heavy atom. The van der Waals surface area contributed by atoms with Gasteiger partial charge in [-0.1, -0.05) is 12.5 Å². The lowest BCUT2D eigenvalue weighted by atomic mass is 9.97. The van der Waals surface area contributed by atoms with Crippen molar-refractivity contribution in [1.29, 1.82) is 0 Å². The molecule has 0 spiro atoms. The normalized spacial score (nSPS) is 12.5. The zero-order valence-electron chi connectivity index (χ0n) is 10.2. The van der Waals surface area contributed by atoms with E-state index < -0.39 is 0 Å². The zero-order chi connectivity index (χ0) is 12.0. The van der Waals surface area contributed by atoms with Crippen LogP contribution in [0.4, 0.5) is 0 Å². The molecule has 3 heteroatoms. The van der Waals surface area contributed by atoms with Gasteiger partial charge in [0, 0.05) is 6.04 Å². The highest BCUT2D eigenvalue weighted by atomic mass is 16.5. The molecule has 3 nitrogen and oxygen atoms in total. The number of unbranched alkanes of at least 4 members (excludes halogenated alkanes) is 1. The van der Waals surface area contributed by atoms with Crippen molar-refractivity contribution < 1.29 is 4.74 Å². The molecule has 0 aliphatic rings. The minimum atomic E-state index is 0.109. The average Bonchev–Trinajstić information content (AvgIpc) is 2.29. The smallest absolute Gasteiger partial charge is 0.119 e. The third-order valence-corrected chi connectivity index (χ3v) is 2.85. The molecule has 16 heavy (non-hydrogen) atoms. The average molecular weight is 222 g/mol. The second kappa shape index (κ2) is 6.51. The summed E-state index contributed by atoms with van der Waals surface area (Å²) in [7, 11) is 1.68. The molecule has 0 bridgehead atoms. The highest BCUT2D eigenvalue weighted by Gasteiger charge is 2.09. The molecular weight excluding hydrogens is 200 g/mol. The lowest BCUT2D eigenvalue weighted by molar-refractivity contribution is 0.414. The number of hydrogen-bond donors (Lipinski definition) is 2. The van der Waals surface area contributed by atoms with Crippen LogP contribution >= 0.6 is 0 Å². The molecule has 0 aliphatic heterocycles. The molecule has 0 aromatic heterocycles. The summed E-state index contributed by atoms with van der Waals surface area (Å²) in [6.45, 7) is 2.81. The Kier molecular flexibility index (Phi) is 5.29. The molecule has 0 amide bonds. The van der Waals surface area contributed by atoms with Gasteiger partial charge < -0.3 is 16.2 Å². The number of rotatable bonds is 6. The summed E-state index contributed by atoms with van der Waals surface area (Å²) in [6.07, 6.45) is 3.12. The standard InChI is InChI=1S/C13H22N2O/c1-10-9-11(16-2)6-7-12(10)13(15)5-3-4-8-14/h6-7,9,13H,3-5,8,14-15H2,1-2H3/t13-/m0/s1. The first kappa shape index (κ1) is 13.0. The lowest BCUT2D eigenvalue weighted by Gasteiger charge is -2.15. The maximum absolute atomic E-state index is 6.15. The highest BCUT2D eigenvalue weighted by Crippen LogP contribution is 2.24. The van der Waals surface area contributed by atoms with Crippen LogP contribution in [0.1, 0.15) is 36.4 Å². The Morgan fingerprint density at radius 2 is 2.06 bits per heavy atom. The van der Waals surface area contributed by atoms with Crippen LogP contribution in [0.25, 0.3) is 0 Å². The predicted molar refractivity (Wildman–Crippen MR) is 67.6 cm³/mol. The van der Waals surface area contributed by atoms with Crippen molar-refractivity contribution in [2.75, 3.05) is 13.7 Å². The van der Waals surface area contributed by atoms with E-state index in [9.17, 15) is 0 Å². The molecule has 0 fully saturated rings. The first-order chi connectivity index (χ1) is 7.69. The molecule has 1 atom stereocenters. The first-order valence-electron chi connectivity index (χ1n) is 5.79. The summed E-state index contributed by atoms with van der Waals surface area (Å²) >= 11 is 0. The van der Waals surface area contributed by atoms with Gasteiger partial charge >= 0.3 is 0 Å². The number of nitrogens with two attached hydrogens (primary N) is 2. The molecule has 1 aromatic rings. The fourth-order valence-electron chi connectivity index (χ4n) is 1.86. The van der Waals surface area contributed by atoms with E-state index in [1.807, 2.05) is 12.1 Å². The number of hydrogen-bond acceptors (Lipinski definition) is 3. The summed E-state index contributed by atoms with van der Waals surface area (Å²) in [5, 5.41) is 0. The second-order valence-electron chi connectivity index (χ2n) is 4.11. The van der Waals surface area contributed by atoms with Crippen LogP contribution in [0, 0.1) is 6.92 Å². The summed E-state index contributed by atoms with van der Waals surface area (Å²) in [5.74, 6) is 0.885. The van der Waals surface area contributed by atoms with Gasteiger partial charge in [0.1, 0.15) is 5.75 Å². The molecule has 0 aliphatic carbocycles. The molecule has 0 heterocycles. The molecule has 0 saturated carbocycles. The van der Waals surface area contributed by atoms with Crippen molar-refractivity contribution in [2.24, 2.45) is 11.5 Å². The molecule has 1 aromatic carbocycles. The summed E-state index contributed by atoms with van der Waals surface area (Å²) in [5.41, 5.74) is 14.0. The Hall–Kier alpha value is -1.06. The van der Waals surface area contributed by atoms with Crippen LogP contribution in [0.5, 0.6) is 5.75 Å². The van der Waals surface area contributed by atoms with Crippen molar-refractivity contribution in [2.45, 2.75) is 32.2 Å². The van der Waals surface area contributed by atoms with Crippen molar-refractivity contribution in [3.05, 3.63) is 29.3 Å². The third-order valence-electron chi connectivity index (χ3n) is 2.85. The first-order valence-corrected chi connectivity index (χ1v) is 5.79. The quantitative estimate of drug-likeness (QED) is 0.725. The number of ether oxygens (including phenoxy) is 1. The van der Waals surface area contributed by atoms with Gasteiger partial charge in [-0.05, 0) is 49.6 Å². The van der Waals surface area contributed by atoms with E-state index in [1.165, 1.54) is 11.1 Å². The van der Waals surface area contributed by atoms with Gasteiger partial charge in [-0.25, -0.2) is 0 Å². The van der Waals surface area contributed by atoms with Crippen molar-refractivity contribution >= 4 is 0 Å². The van der Waals surface area contributed by atoms with Crippen molar-refractivity contribution in [1.82, 2.24) is 0 Å². The molecule has 90 valence electrons. The van der Waals surface area contributed by atoms with Gasteiger partial charge in [0.25, 0.3) is 0 Å². The van der Waals surface area contributed by atoms with E-state index in [-0.39, 0.29) is 6.04 Å². The van der Waals surface area contributed by atoms with Crippen LogP contribution in [-0.2, 0) is 0 Å². The second-order valence-corrected chi connectivity index (χ2v) is 4.11. The third kappa shape index (κ3) is 3.51. The molecule has 4 N–H and O–H groups in total. The highest BCUT2D eigenvalue weighted by molar-refractivity contribution is 5.36. The van der Waals surface area contributed by atoms with Gasteiger partial charge in [0.2, 0.25) is 0 Å². The Labute approximate surface area is 97.8 Å². The molecule has 0 radical (unpaired) electrons. The van der Waals surface area contributed by atoms with Crippen molar-refractivity contribution in [3.63, 3.8) is 0 Å². The Balaban J connectivity index is 2.64. The maximum Gasteiger partial charge on any atom is 0.119 e. The number of benzene rings is 1. The monoisotopic (exact) mass is 222 g/mol. The molecule has 0 saturated heterocycles. The van der Waals surface area contributed by atoms with E-state index in [0.717, 1.165) is 31.6 Å². The van der Waals surface area contributed by atoms with Gasteiger partial charge in [-0.2, -0.15) is 0 Å². The fourth-order valence-corrected chi connectivity index (χ4v) is 1.86. The van der Waals surface area contributed by atoms with E-state index in [2.05, 4.69) is 13.0 Å². The number of methoxy groups -OCH3 is 1. The molecular formula is C13H22N2O. The van der Waals surface area contributed by atoms with Crippen LogP contribution in [0.2, 0.25) is 0 Å². The summed E-state index contributed by atoms with van der Waals surface area (Å²) in [4.78, 5) is 0. The van der Waals surface area contributed by atoms with Gasteiger partial charge in [0.05, 0.1) is 7.11 Å². The number of aryl methyl sites for hydroxylation is 1. The predicted octanol–water partition coefficient (Wildman–Crippen LogP) is 2.13. The summed E-state index contributed by atoms with van der Waals surface area (Å²) in [6, 6.07) is 6.15. The largest absolute Gasteiger partial charge is 0.497 e. The minimum Gasteiger partial charge on any atom is -0.497 e. The zero-order valence-corrected chi connectivity index (χ0v) is 10.2. The van der Waals surface area contributed by atoms with Crippen LogP contribution in [-0.4, -0.2) is 13.7 Å². The minimum absolute atomic E-state index is 0.109. The van der Waals surface area contributed by atoms with Crippen LogP contribution in [0.15, 0.2) is 18.2 Å². The van der Waals surface area contributed by atoms with E-state index >= 15 is 0 Å². The van der Waals surface area contributed by atoms with Crippen molar-refractivity contribution in [3.8, 4) is 5.75 Å². The van der Waals surface area contributed by atoms with Gasteiger partial charge in [-0.15, -0.1) is 0 Å². The molecule has 0 unspecified atom stereocenters.